The second-order valence-electron chi connectivity index (χ2n) is 10.9. The SMILES string of the molecule is CN(Cc1cc(C[C@@H]2CNCC[C@H]2CC(=O)N2CCC(Cc3ccccc3)CC2)no1)c1ccccc1. The molecule has 0 bridgehead atoms. The highest BCUT2D eigenvalue weighted by Crippen LogP contribution is 2.29. The molecule has 2 fully saturated rings. The van der Waals surface area contributed by atoms with Crippen LogP contribution >= 0.6 is 0 Å². The van der Waals surface area contributed by atoms with Gasteiger partial charge in [0, 0.05) is 38.3 Å². The van der Waals surface area contributed by atoms with Gasteiger partial charge in [-0.3, -0.25) is 4.79 Å². The van der Waals surface area contributed by atoms with Crippen LogP contribution in [0.25, 0.3) is 0 Å². The summed E-state index contributed by atoms with van der Waals surface area (Å²) in [6, 6.07) is 23.1. The van der Waals surface area contributed by atoms with Gasteiger partial charge in [0.05, 0.1) is 12.2 Å². The Balaban J connectivity index is 1.11. The van der Waals surface area contributed by atoms with Crippen LogP contribution in [0.3, 0.4) is 0 Å². The number of nitrogens with one attached hydrogen (secondary N) is 1. The third-order valence-electron chi connectivity index (χ3n) is 8.21. The van der Waals surface area contributed by atoms with Gasteiger partial charge in [0.15, 0.2) is 5.76 Å². The Morgan fingerprint density at radius 3 is 2.49 bits per heavy atom. The fourth-order valence-corrected chi connectivity index (χ4v) is 5.97. The first-order chi connectivity index (χ1) is 18.1. The summed E-state index contributed by atoms with van der Waals surface area (Å²) in [6.45, 7) is 4.39. The lowest BCUT2D eigenvalue weighted by Gasteiger charge is -2.36. The normalized spacial score (nSPS) is 20.6. The summed E-state index contributed by atoms with van der Waals surface area (Å²) in [7, 11) is 2.06. The van der Waals surface area contributed by atoms with Crippen LogP contribution in [-0.2, 0) is 24.2 Å². The Morgan fingerprint density at radius 1 is 1.00 bits per heavy atom. The molecule has 2 aliphatic heterocycles. The summed E-state index contributed by atoms with van der Waals surface area (Å²) in [5.74, 6) is 2.68. The van der Waals surface area contributed by atoms with Gasteiger partial charge in [-0.2, -0.15) is 0 Å². The van der Waals surface area contributed by atoms with Gasteiger partial charge in [0.1, 0.15) is 0 Å². The lowest BCUT2D eigenvalue weighted by atomic mass is 9.80. The minimum Gasteiger partial charge on any atom is -0.367 e. The van der Waals surface area contributed by atoms with Crippen LogP contribution in [-0.4, -0.2) is 49.2 Å². The largest absolute Gasteiger partial charge is 0.367 e. The van der Waals surface area contributed by atoms with Crippen molar-refractivity contribution in [2.75, 3.05) is 38.1 Å². The Bertz CT molecular complexity index is 1110. The summed E-state index contributed by atoms with van der Waals surface area (Å²) in [4.78, 5) is 17.5. The van der Waals surface area contributed by atoms with Crippen molar-refractivity contribution in [2.45, 2.75) is 45.1 Å². The van der Waals surface area contributed by atoms with Crippen molar-refractivity contribution < 1.29 is 9.32 Å². The highest BCUT2D eigenvalue weighted by atomic mass is 16.5. The van der Waals surface area contributed by atoms with Gasteiger partial charge in [-0.25, -0.2) is 0 Å². The Kier molecular flexibility index (Phi) is 8.57. The van der Waals surface area contributed by atoms with Crippen molar-refractivity contribution in [1.82, 2.24) is 15.4 Å². The topological polar surface area (TPSA) is 61.6 Å². The lowest BCUT2D eigenvalue weighted by Crippen LogP contribution is -2.43. The van der Waals surface area contributed by atoms with Crippen LogP contribution in [0.5, 0.6) is 0 Å². The van der Waals surface area contributed by atoms with E-state index in [4.69, 9.17) is 4.52 Å². The quantitative estimate of drug-likeness (QED) is 0.450. The summed E-state index contributed by atoms with van der Waals surface area (Å²) < 4.78 is 5.68. The molecule has 2 saturated heterocycles. The number of anilines is 1. The van der Waals surface area contributed by atoms with Crippen molar-refractivity contribution in [3.63, 3.8) is 0 Å². The number of carbonyl (C=O) groups excluding carboxylic acids is 1. The minimum atomic E-state index is 0.334. The number of carbonyl (C=O) groups is 1. The summed E-state index contributed by atoms with van der Waals surface area (Å²) >= 11 is 0. The summed E-state index contributed by atoms with van der Waals surface area (Å²) in [6.07, 6.45) is 5.88. The molecule has 0 spiro atoms. The number of hydrogen-bond donors (Lipinski definition) is 1. The number of rotatable bonds is 9. The van der Waals surface area contributed by atoms with E-state index in [0.717, 1.165) is 75.4 Å². The van der Waals surface area contributed by atoms with E-state index in [1.807, 2.05) is 18.2 Å². The van der Waals surface area contributed by atoms with Crippen LogP contribution in [0.1, 0.15) is 42.7 Å². The maximum absolute atomic E-state index is 13.3. The standard InChI is InChI=1S/C31H40N4O2/c1-34(29-10-6-3-7-11-29)23-30-21-28(33-37-30)19-27-22-32-15-12-26(27)20-31(36)35-16-13-25(14-17-35)18-24-8-4-2-5-9-24/h2-11,21,25-27,32H,12-20,22-23H2,1H3/t26-,27+/m0/s1. The molecule has 0 saturated carbocycles. The van der Waals surface area contributed by atoms with Gasteiger partial charge < -0.3 is 19.6 Å². The zero-order valence-corrected chi connectivity index (χ0v) is 22.0. The number of nitrogens with zero attached hydrogens (tertiary/aromatic N) is 3. The molecule has 3 aromatic rings. The number of piperidine rings is 2. The maximum Gasteiger partial charge on any atom is 0.222 e. The smallest absolute Gasteiger partial charge is 0.222 e. The third-order valence-corrected chi connectivity index (χ3v) is 8.21. The van der Waals surface area contributed by atoms with Gasteiger partial charge in [0.2, 0.25) is 5.91 Å². The fourth-order valence-electron chi connectivity index (χ4n) is 5.97. The Morgan fingerprint density at radius 2 is 1.73 bits per heavy atom. The molecule has 3 heterocycles. The first kappa shape index (κ1) is 25.5. The van der Waals surface area contributed by atoms with E-state index in [2.05, 4.69) is 75.9 Å². The molecule has 5 rings (SSSR count). The molecule has 1 amide bonds. The predicted octanol–water partition coefficient (Wildman–Crippen LogP) is 4.95. The van der Waals surface area contributed by atoms with Crippen LogP contribution in [0.2, 0.25) is 0 Å². The zero-order chi connectivity index (χ0) is 25.5. The lowest BCUT2D eigenvalue weighted by molar-refractivity contribution is -0.134. The molecular weight excluding hydrogens is 460 g/mol. The van der Waals surface area contributed by atoms with E-state index < -0.39 is 0 Å². The molecule has 2 atom stereocenters. The number of amides is 1. The number of hydrogen-bond acceptors (Lipinski definition) is 5. The molecule has 37 heavy (non-hydrogen) atoms. The molecule has 0 unspecified atom stereocenters. The second kappa shape index (κ2) is 12.4. The number of benzene rings is 2. The predicted molar refractivity (Wildman–Crippen MR) is 147 cm³/mol. The van der Waals surface area contributed by atoms with E-state index in [-0.39, 0.29) is 0 Å². The second-order valence-corrected chi connectivity index (χ2v) is 10.9. The maximum atomic E-state index is 13.3. The molecular formula is C31H40N4O2. The van der Waals surface area contributed by atoms with E-state index in [0.29, 0.717) is 36.6 Å². The summed E-state index contributed by atoms with van der Waals surface area (Å²) in [5, 5.41) is 7.91. The molecule has 1 aromatic heterocycles. The zero-order valence-electron chi connectivity index (χ0n) is 22.0. The average molecular weight is 501 g/mol. The van der Waals surface area contributed by atoms with Gasteiger partial charge in [-0.15, -0.1) is 0 Å². The first-order valence-electron chi connectivity index (χ1n) is 13.9. The molecule has 0 radical (unpaired) electrons. The Hall–Kier alpha value is -3.12. The molecule has 196 valence electrons. The van der Waals surface area contributed by atoms with Crippen molar-refractivity contribution in [3.8, 4) is 0 Å². The van der Waals surface area contributed by atoms with E-state index >= 15 is 0 Å². The van der Waals surface area contributed by atoms with Crippen molar-refractivity contribution in [2.24, 2.45) is 17.8 Å². The van der Waals surface area contributed by atoms with Gasteiger partial charge in [-0.1, -0.05) is 53.7 Å². The van der Waals surface area contributed by atoms with Crippen molar-refractivity contribution in [3.05, 3.63) is 83.7 Å². The summed E-state index contributed by atoms with van der Waals surface area (Å²) in [5.41, 5.74) is 3.55. The molecule has 0 aliphatic carbocycles. The average Bonchev–Trinajstić information content (AvgIpc) is 3.37. The molecule has 1 N–H and O–H groups in total. The van der Waals surface area contributed by atoms with Crippen LogP contribution in [0, 0.1) is 17.8 Å². The van der Waals surface area contributed by atoms with Gasteiger partial charge >= 0.3 is 0 Å². The van der Waals surface area contributed by atoms with Crippen LogP contribution in [0.4, 0.5) is 5.69 Å². The number of aromatic nitrogens is 1. The molecule has 6 nitrogen and oxygen atoms in total. The highest BCUT2D eigenvalue weighted by Gasteiger charge is 2.31. The molecule has 2 aromatic carbocycles. The molecule has 2 aliphatic rings. The van der Waals surface area contributed by atoms with Crippen molar-refractivity contribution in [1.29, 1.82) is 0 Å². The third kappa shape index (κ3) is 7.01. The number of para-hydroxylation sites is 1. The van der Waals surface area contributed by atoms with Crippen LogP contribution < -0.4 is 10.2 Å². The van der Waals surface area contributed by atoms with E-state index in [1.165, 1.54) is 5.56 Å². The minimum absolute atomic E-state index is 0.334. The van der Waals surface area contributed by atoms with Gasteiger partial charge in [0.25, 0.3) is 0 Å². The fraction of sp³-hybridized carbons (Fsp3) is 0.484. The number of likely N-dealkylation sites (tertiary alicyclic amines) is 1. The highest BCUT2D eigenvalue weighted by molar-refractivity contribution is 5.76. The van der Waals surface area contributed by atoms with Crippen LogP contribution in [0.15, 0.2) is 71.3 Å². The monoisotopic (exact) mass is 500 g/mol. The van der Waals surface area contributed by atoms with Gasteiger partial charge in [-0.05, 0) is 80.6 Å². The molecule has 6 heteroatoms. The van der Waals surface area contributed by atoms with Crippen molar-refractivity contribution >= 4 is 11.6 Å². The van der Waals surface area contributed by atoms with E-state index in [9.17, 15) is 4.79 Å². The van der Waals surface area contributed by atoms with E-state index in [1.54, 1.807) is 0 Å². The first-order valence-corrected chi connectivity index (χ1v) is 13.9. The Labute approximate surface area is 221 Å².